The first kappa shape index (κ1) is 27.0. The molecule has 0 saturated heterocycles. The first-order valence-corrected chi connectivity index (χ1v) is 10.0. The van der Waals surface area contributed by atoms with Crippen molar-refractivity contribution in [2.24, 2.45) is 0 Å². The van der Waals surface area contributed by atoms with E-state index >= 15 is 0 Å². The molecule has 1 aliphatic rings. The molecule has 5 heteroatoms. The molecule has 3 nitrogen and oxygen atoms in total. The minimum atomic E-state index is -0.260. The fourth-order valence-corrected chi connectivity index (χ4v) is 6.06. The number of allylic oxidation sites excluding steroid dienone is 3. The third-order valence-corrected chi connectivity index (χ3v) is 7.23. The van der Waals surface area contributed by atoms with Crippen LogP contribution in [-0.4, -0.2) is 34.8 Å². The van der Waals surface area contributed by atoms with Crippen LogP contribution in [-0.2, 0) is 24.1 Å². The summed E-state index contributed by atoms with van der Waals surface area (Å²) in [6.45, 7) is 26.1. The van der Waals surface area contributed by atoms with Gasteiger partial charge in [0.1, 0.15) is 0 Å². The van der Waals surface area contributed by atoms with Gasteiger partial charge in [-0.3, -0.25) is 0 Å². The Bertz CT molecular complexity index is 478. The van der Waals surface area contributed by atoms with Gasteiger partial charge < -0.3 is 10.2 Å². The fraction of sp³-hybridized carbons (Fsp3) is 0.650. The van der Waals surface area contributed by atoms with E-state index in [0.717, 1.165) is 25.3 Å². The zero-order valence-corrected chi connectivity index (χ0v) is 19.8. The Morgan fingerprint density at radius 2 is 1.56 bits per heavy atom. The van der Waals surface area contributed by atoms with Gasteiger partial charge in [0.15, 0.2) is 0 Å². The molecule has 0 saturated carbocycles. The van der Waals surface area contributed by atoms with Crippen LogP contribution < -0.4 is 0 Å². The van der Waals surface area contributed by atoms with Gasteiger partial charge in [-0.15, -0.1) is 11.4 Å². The van der Waals surface area contributed by atoms with Gasteiger partial charge in [-0.2, -0.15) is 0 Å². The topological polar surface area (TPSA) is 37.2 Å². The second kappa shape index (κ2) is 12.2. The van der Waals surface area contributed by atoms with Gasteiger partial charge in [-0.05, 0) is 23.4 Å². The van der Waals surface area contributed by atoms with Crippen molar-refractivity contribution >= 4 is 7.92 Å². The van der Waals surface area contributed by atoms with Crippen LogP contribution in [0.4, 0.5) is 0 Å². The molecule has 0 aromatic rings. The van der Waals surface area contributed by atoms with E-state index < -0.39 is 0 Å². The molecular weight excluding hydrogens is 416 g/mol. The third kappa shape index (κ3) is 9.88. The van der Waals surface area contributed by atoms with E-state index in [0.29, 0.717) is 10.3 Å². The van der Waals surface area contributed by atoms with Crippen molar-refractivity contribution in [3.05, 3.63) is 47.4 Å². The molecule has 0 unspecified atom stereocenters. The Labute approximate surface area is 169 Å². The van der Waals surface area contributed by atoms with Gasteiger partial charge in [0.25, 0.3) is 0 Å². The Morgan fingerprint density at radius 3 is 1.96 bits per heavy atom. The maximum atomic E-state index is 7.50. The average Bonchev–Trinajstić information content (AvgIpc) is 2.50. The molecule has 144 valence electrons. The molecule has 0 amide bonds. The van der Waals surface area contributed by atoms with Crippen LogP contribution in [0.3, 0.4) is 0 Å². The zero-order chi connectivity index (χ0) is 19.0. The monoisotopic (exact) mass is 452 g/mol. The number of hydrogen-bond acceptors (Lipinski definition) is 1. The van der Waals surface area contributed by atoms with Gasteiger partial charge in [-0.25, -0.2) is 0 Å². The van der Waals surface area contributed by atoms with Gasteiger partial charge in [0, 0.05) is 6.54 Å². The van der Waals surface area contributed by atoms with Crippen molar-refractivity contribution in [3.63, 3.8) is 0 Å². The molecule has 0 fully saturated rings. The molecule has 0 atom stereocenters. The van der Waals surface area contributed by atoms with Crippen LogP contribution >= 0.6 is 7.92 Å². The number of hydrogen-bond donors (Lipinski definition) is 0. The zero-order valence-electron chi connectivity index (χ0n) is 17.1. The predicted molar refractivity (Wildman–Crippen MR) is 108 cm³/mol. The standard InChI is InChI=1S/C19H34N2P.CO.Ru.H/c1-9-21(10-2)14-16-12-11-13-17(20-16)15-22(18(3,4)5)19(6,7)8;1-2;;/h11-13,15H,9-10,14H2,1-8H3;;;/q-1;;+1;/b17-15-;;;. The Hall–Kier alpha value is -0.227. The summed E-state index contributed by atoms with van der Waals surface area (Å²) in [7, 11) is -0.260. The summed E-state index contributed by atoms with van der Waals surface area (Å²) in [6.07, 6.45) is 6.45. The molecule has 0 N–H and O–H groups in total. The van der Waals surface area contributed by atoms with Gasteiger partial charge >= 0.3 is 30.8 Å². The molecule has 0 aliphatic carbocycles. The molecular formula is C20H35N2OPRu. The molecule has 1 heterocycles. The number of rotatable bonds is 5. The molecule has 1 radical (unpaired) electrons. The van der Waals surface area contributed by atoms with Gasteiger partial charge in [-0.1, -0.05) is 87.4 Å². The summed E-state index contributed by atoms with van der Waals surface area (Å²) >= 11 is 0. The molecule has 0 spiro atoms. The Kier molecular flexibility index (Phi) is 13.2. The van der Waals surface area contributed by atoms with E-state index in [2.05, 4.69) is 91.0 Å². The summed E-state index contributed by atoms with van der Waals surface area (Å²) in [5.74, 6) is 2.43. The minimum absolute atomic E-state index is 0. The molecule has 1 aliphatic heterocycles. The molecule has 0 aromatic carbocycles. The van der Waals surface area contributed by atoms with E-state index in [1.165, 1.54) is 5.70 Å². The summed E-state index contributed by atoms with van der Waals surface area (Å²) in [4.78, 5) is 2.41. The van der Waals surface area contributed by atoms with Crippen molar-refractivity contribution in [1.29, 1.82) is 0 Å². The second-order valence-corrected chi connectivity index (χ2v) is 11.5. The van der Waals surface area contributed by atoms with Crippen molar-refractivity contribution in [2.45, 2.75) is 65.7 Å². The van der Waals surface area contributed by atoms with E-state index in [9.17, 15) is 0 Å². The summed E-state index contributed by atoms with van der Waals surface area (Å²) < 4.78 is 7.50. The van der Waals surface area contributed by atoms with E-state index in [-0.39, 0.29) is 27.4 Å². The number of nitrogens with zero attached hydrogens (tertiary/aromatic N) is 2. The number of likely N-dealkylation sites (N-methyl/N-ethyl adjacent to an activating group) is 1. The summed E-state index contributed by atoms with van der Waals surface area (Å²) in [5, 5.41) is 5.49. The molecule has 0 aromatic heterocycles. The Balaban J connectivity index is 0. The normalized spacial score (nSPS) is 16.0. The fourth-order valence-electron chi connectivity index (χ4n) is 2.86. The predicted octanol–water partition coefficient (Wildman–Crippen LogP) is 5.77. The van der Waals surface area contributed by atoms with Crippen LogP contribution in [0.2, 0.25) is 0 Å². The van der Waals surface area contributed by atoms with Crippen molar-refractivity contribution in [3.8, 4) is 0 Å². The SMILES string of the molecule is CCN(CC)CC1=CC=C/C(=C/P(C(C)(C)C)C(C)(C)C)[N-]1.[C-]#[O+].[RuH+]. The van der Waals surface area contributed by atoms with Crippen molar-refractivity contribution in [2.75, 3.05) is 19.6 Å². The molecule has 25 heavy (non-hydrogen) atoms. The van der Waals surface area contributed by atoms with Crippen LogP contribution in [0, 0.1) is 6.65 Å². The first-order chi connectivity index (χ1) is 11.1. The third-order valence-electron chi connectivity index (χ3n) is 3.82. The van der Waals surface area contributed by atoms with E-state index in [1.54, 1.807) is 0 Å². The van der Waals surface area contributed by atoms with Crippen LogP contribution in [0.5, 0.6) is 0 Å². The van der Waals surface area contributed by atoms with E-state index in [1.807, 2.05) is 0 Å². The van der Waals surface area contributed by atoms with Gasteiger partial charge in [0.2, 0.25) is 0 Å². The van der Waals surface area contributed by atoms with Crippen LogP contribution in [0.1, 0.15) is 55.4 Å². The van der Waals surface area contributed by atoms with Gasteiger partial charge in [0.05, 0.1) is 0 Å². The van der Waals surface area contributed by atoms with Crippen molar-refractivity contribution in [1.82, 2.24) is 4.90 Å². The van der Waals surface area contributed by atoms with Crippen molar-refractivity contribution < 1.29 is 24.1 Å². The Morgan fingerprint density at radius 1 is 1.08 bits per heavy atom. The van der Waals surface area contributed by atoms with E-state index in [4.69, 9.17) is 9.97 Å². The molecule has 0 bridgehead atoms. The second-order valence-electron chi connectivity index (χ2n) is 7.86. The first-order valence-electron chi connectivity index (χ1n) is 8.61. The summed E-state index contributed by atoms with van der Waals surface area (Å²) in [5.41, 5.74) is 2.32. The van der Waals surface area contributed by atoms with Crippen LogP contribution in [0.15, 0.2) is 35.4 Å². The molecule has 1 rings (SSSR count). The maximum absolute atomic E-state index is 7.50. The average molecular weight is 452 g/mol. The quantitative estimate of drug-likeness (QED) is 0.226. The van der Waals surface area contributed by atoms with Crippen LogP contribution in [0.25, 0.3) is 5.32 Å². The summed E-state index contributed by atoms with van der Waals surface area (Å²) in [6, 6.07) is 0.